The molecule has 1 aliphatic rings. The van der Waals surface area contributed by atoms with Gasteiger partial charge in [-0.05, 0) is 56.7 Å². The number of likely N-dealkylation sites (tertiary alicyclic amines) is 1. The minimum atomic E-state index is 0.0624. The summed E-state index contributed by atoms with van der Waals surface area (Å²) in [5, 5.41) is 12.3. The lowest BCUT2D eigenvalue weighted by Gasteiger charge is -2.28. The molecule has 1 saturated heterocycles. The fourth-order valence-corrected chi connectivity index (χ4v) is 4.02. The first-order valence-corrected chi connectivity index (χ1v) is 9.85. The van der Waals surface area contributed by atoms with Crippen molar-refractivity contribution in [1.82, 2.24) is 29.9 Å². The summed E-state index contributed by atoms with van der Waals surface area (Å²) in [7, 11) is 3.98. The third-order valence-corrected chi connectivity index (χ3v) is 5.81. The van der Waals surface area contributed by atoms with E-state index in [9.17, 15) is 4.79 Å². The van der Waals surface area contributed by atoms with Crippen molar-refractivity contribution in [2.45, 2.75) is 12.8 Å². The lowest BCUT2D eigenvalue weighted by molar-refractivity contribution is -0.121. The van der Waals surface area contributed by atoms with Crippen molar-refractivity contribution < 1.29 is 4.79 Å². The Bertz CT molecular complexity index is 1200. The number of rotatable bonds is 3. The first-order chi connectivity index (χ1) is 14.1. The minimum absolute atomic E-state index is 0.0624. The number of anilines is 1. The maximum atomic E-state index is 12.7. The van der Waals surface area contributed by atoms with Gasteiger partial charge in [0.1, 0.15) is 11.2 Å². The van der Waals surface area contributed by atoms with Crippen LogP contribution in [0.25, 0.3) is 33.2 Å². The van der Waals surface area contributed by atoms with Gasteiger partial charge in [0.15, 0.2) is 0 Å². The summed E-state index contributed by atoms with van der Waals surface area (Å²) in [6.45, 7) is 1.92. The summed E-state index contributed by atoms with van der Waals surface area (Å²) in [6.07, 6.45) is 5.45. The van der Waals surface area contributed by atoms with E-state index in [1.807, 2.05) is 31.4 Å². The Kier molecular flexibility index (Phi) is 4.28. The molecule has 3 aromatic heterocycles. The second kappa shape index (κ2) is 6.97. The molecule has 0 saturated carbocycles. The third-order valence-electron chi connectivity index (χ3n) is 5.81. The van der Waals surface area contributed by atoms with Crippen LogP contribution in [0.15, 0.2) is 36.7 Å². The number of pyridine rings is 1. The van der Waals surface area contributed by atoms with Crippen LogP contribution in [0, 0.1) is 5.92 Å². The van der Waals surface area contributed by atoms with Crippen LogP contribution < -0.4 is 5.32 Å². The van der Waals surface area contributed by atoms with Crippen LogP contribution in [-0.4, -0.2) is 55.9 Å². The maximum absolute atomic E-state index is 12.7. The van der Waals surface area contributed by atoms with Gasteiger partial charge < -0.3 is 15.2 Å². The molecule has 0 unspecified atom stereocenters. The number of nitrogens with one attached hydrogen (secondary N) is 2. The SMILES string of the molecule is CN1CCC(C(=O)Nc2cnc3[nH]cc(-c4ccc5nnn(C)c5c4)c3c2)CC1. The number of piperidine rings is 1. The molecule has 1 aromatic carbocycles. The van der Waals surface area contributed by atoms with Gasteiger partial charge in [-0.2, -0.15) is 0 Å². The summed E-state index contributed by atoms with van der Waals surface area (Å²) in [5.41, 5.74) is 5.43. The third kappa shape index (κ3) is 3.25. The van der Waals surface area contributed by atoms with Crippen LogP contribution in [0.1, 0.15) is 12.8 Å². The van der Waals surface area contributed by atoms with E-state index in [1.165, 1.54) is 0 Å². The second-order valence-electron chi connectivity index (χ2n) is 7.81. The molecule has 0 spiro atoms. The Morgan fingerprint density at radius 1 is 1.21 bits per heavy atom. The van der Waals surface area contributed by atoms with E-state index in [4.69, 9.17) is 0 Å². The molecule has 0 radical (unpaired) electrons. The van der Waals surface area contributed by atoms with E-state index in [0.29, 0.717) is 0 Å². The topological polar surface area (TPSA) is 91.7 Å². The molecule has 2 N–H and O–H groups in total. The van der Waals surface area contributed by atoms with E-state index < -0.39 is 0 Å². The summed E-state index contributed by atoms with van der Waals surface area (Å²) >= 11 is 0. The Morgan fingerprint density at radius 2 is 2.03 bits per heavy atom. The van der Waals surface area contributed by atoms with E-state index in [-0.39, 0.29) is 11.8 Å². The average molecular weight is 389 g/mol. The van der Waals surface area contributed by atoms with Gasteiger partial charge >= 0.3 is 0 Å². The van der Waals surface area contributed by atoms with Gasteiger partial charge in [-0.25, -0.2) is 9.67 Å². The fourth-order valence-electron chi connectivity index (χ4n) is 4.02. The first-order valence-electron chi connectivity index (χ1n) is 9.85. The van der Waals surface area contributed by atoms with Crippen molar-refractivity contribution in [2.75, 3.05) is 25.5 Å². The lowest BCUT2D eigenvalue weighted by Crippen LogP contribution is -2.35. The molecule has 5 rings (SSSR count). The Labute approximate surface area is 167 Å². The number of carbonyl (C=O) groups excluding carboxylic acids is 1. The lowest BCUT2D eigenvalue weighted by atomic mass is 9.96. The standard InChI is InChI=1S/C21H23N7O/c1-27-7-5-13(6-8-27)21(29)24-15-10-16-17(12-23-20(16)22-11-15)14-3-4-18-19(9-14)28(2)26-25-18/h3-4,9-13H,5-8H2,1-2H3,(H,22,23)(H,24,29). The van der Waals surface area contributed by atoms with Crippen LogP contribution in [0.3, 0.4) is 0 Å². The Morgan fingerprint density at radius 3 is 2.86 bits per heavy atom. The summed E-state index contributed by atoms with van der Waals surface area (Å²) < 4.78 is 1.76. The number of aromatic nitrogens is 5. The number of aromatic amines is 1. The van der Waals surface area contributed by atoms with Gasteiger partial charge in [0, 0.05) is 30.1 Å². The van der Waals surface area contributed by atoms with Gasteiger partial charge in [-0.3, -0.25) is 4.79 Å². The Hall–Kier alpha value is -3.26. The number of carbonyl (C=O) groups is 1. The number of benzene rings is 1. The van der Waals surface area contributed by atoms with Crippen molar-refractivity contribution in [3.63, 3.8) is 0 Å². The Balaban J connectivity index is 1.45. The van der Waals surface area contributed by atoms with E-state index in [1.54, 1.807) is 10.9 Å². The molecular formula is C21H23N7O. The zero-order chi connectivity index (χ0) is 20.0. The highest BCUT2D eigenvalue weighted by Crippen LogP contribution is 2.31. The molecule has 29 heavy (non-hydrogen) atoms. The molecule has 8 heteroatoms. The monoisotopic (exact) mass is 389 g/mol. The van der Waals surface area contributed by atoms with Gasteiger partial charge in [0.05, 0.1) is 17.4 Å². The average Bonchev–Trinajstić information content (AvgIpc) is 3.31. The van der Waals surface area contributed by atoms with Gasteiger partial charge in [-0.15, -0.1) is 5.10 Å². The van der Waals surface area contributed by atoms with Crippen molar-refractivity contribution >= 4 is 33.7 Å². The highest BCUT2D eigenvalue weighted by molar-refractivity contribution is 5.99. The smallest absolute Gasteiger partial charge is 0.227 e. The fraction of sp³-hybridized carbons (Fsp3) is 0.333. The quantitative estimate of drug-likeness (QED) is 0.562. The van der Waals surface area contributed by atoms with Crippen LogP contribution in [0.5, 0.6) is 0 Å². The number of nitrogens with zero attached hydrogens (tertiary/aromatic N) is 5. The molecule has 8 nitrogen and oxygen atoms in total. The first kappa shape index (κ1) is 17.8. The van der Waals surface area contributed by atoms with Gasteiger partial charge in [-0.1, -0.05) is 11.3 Å². The van der Waals surface area contributed by atoms with Crippen molar-refractivity contribution in [3.8, 4) is 11.1 Å². The minimum Gasteiger partial charge on any atom is -0.346 e. The van der Waals surface area contributed by atoms with Gasteiger partial charge in [0.2, 0.25) is 5.91 Å². The number of aryl methyl sites for hydroxylation is 1. The zero-order valence-electron chi connectivity index (χ0n) is 16.5. The normalized spacial score (nSPS) is 15.9. The molecule has 1 aliphatic heterocycles. The second-order valence-corrected chi connectivity index (χ2v) is 7.81. The van der Waals surface area contributed by atoms with Crippen LogP contribution >= 0.6 is 0 Å². The predicted molar refractivity (Wildman–Crippen MR) is 112 cm³/mol. The molecule has 4 aromatic rings. The summed E-state index contributed by atoms with van der Waals surface area (Å²) in [5.74, 6) is 0.144. The molecule has 4 heterocycles. The van der Waals surface area contributed by atoms with Crippen LogP contribution in [0.4, 0.5) is 5.69 Å². The maximum Gasteiger partial charge on any atom is 0.227 e. The summed E-state index contributed by atoms with van der Waals surface area (Å²) in [4.78, 5) is 22.7. The van der Waals surface area contributed by atoms with Crippen LogP contribution in [-0.2, 0) is 11.8 Å². The largest absolute Gasteiger partial charge is 0.346 e. The van der Waals surface area contributed by atoms with Crippen molar-refractivity contribution in [3.05, 3.63) is 36.7 Å². The number of hydrogen-bond donors (Lipinski definition) is 2. The summed E-state index contributed by atoms with van der Waals surface area (Å²) in [6, 6.07) is 8.06. The van der Waals surface area contributed by atoms with Crippen LogP contribution in [0.2, 0.25) is 0 Å². The van der Waals surface area contributed by atoms with E-state index in [0.717, 1.165) is 64.8 Å². The number of hydrogen-bond acceptors (Lipinski definition) is 5. The van der Waals surface area contributed by atoms with E-state index >= 15 is 0 Å². The predicted octanol–water partition coefficient (Wildman–Crippen LogP) is 2.79. The zero-order valence-corrected chi connectivity index (χ0v) is 16.5. The molecule has 148 valence electrons. The molecule has 0 bridgehead atoms. The van der Waals surface area contributed by atoms with E-state index in [2.05, 4.69) is 43.6 Å². The van der Waals surface area contributed by atoms with Gasteiger partial charge in [0.25, 0.3) is 0 Å². The number of fused-ring (bicyclic) bond motifs is 2. The highest BCUT2D eigenvalue weighted by Gasteiger charge is 2.23. The van der Waals surface area contributed by atoms with Crippen molar-refractivity contribution in [2.24, 2.45) is 13.0 Å². The molecule has 1 fully saturated rings. The molecule has 1 amide bonds. The number of amides is 1. The van der Waals surface area contributed by atoms with Crippen molar-refractivity contribution in [1.29, 1.82) is 0 Å². The molecular weight excluding hydrogens is 366 g/mol. The number of H-pyrrole nitrogens is 1. The molecule has 0 aliphatic carbocycles. The highest BCUT2D eigenvalue weighted by atomic mass is 16.1. The molecule has 0 atom stereocenters.